The Morgan fingerprint density at radius 2 is 1.68 bits per heavy atom. The van der Waals surface area contributed by atoms with Crippen LogP contribution in [-0.4, -0.2) is 31.3 Å². The molecule has 2 aromatic carbocycles. The maximum atomic E-state index is 12.7. The van der Waals surface area contributed by atoms with E-state index >= 15 is 0 Å². The second-order valence-electron chi connectivity index (χ2n) is 7.95. The van der Waals surface area contributed by atoms with Crippen LogP contribution in [0.4, 0.5) is 0 Å². The van der Waals surface area contributed by atoms with Crippen LogP contribution >= 0.6 is 0 Å². The van der Waals surface area contributed by atoms with Crippen molar-refractivity contribution in [3.05, 3.63) is 54.1 Å². The SMILES string of the molecule is CCOC1CC(N)(C(=O)NCc2ccc(-c3ccc(OC)cc3)cc2)C1(C)C. The maximum Gasteiger partial charge on any atom is 0.241 e. The topological polar surface area (TPSA) is 73.6 Å². The van der Waals surface area contributed by atoms with Gasteiger partial charge in [-0.1, -0.05) is 50.2 Å². The third-order valence-corrected chi connectivity index (χ3v) is 6.07. The van der Waals surface area contributed by atoms with Crippen LogP contribution in [-0.2, 0) is 16.1 Å². The van der Waals surface area contributed by atoms with Gasteiger partial charge in [-0.3, -0.25) is 4.79 Å². The molecule has 3 rings (SSSR count). The van der Waals surface area contributed by atoms with Crippen LogP contribution in [0.2, 0.25) is 0 Å². The summed E-state index contributed by atoms with van der Waals surface area (Å²) in [4.78, 5) is 12.7. The molecule has 5 heteroatoms. The van der Waals surface area contributed by atoms with Crippen LogP contribution in [0.5, 0.6) is 5.75 Å². The fourth-order valence-electron chi connectivity index (χ4n) is 3.76. The number of benzene rings is 2. The number of hydrogen-bond donors (Lipinski definition) is 2. The molecule has 0 bridgehead atoms. The van der Waals surface area contributed by atoms with Gasteiger partial charge in [0.05, 0.1) is 13.2 Å². The Kier molecular flexibility index (Phi) is 5.77. The zero-order chi connectivity index (χ0) is 20.4. The zero-order valence-electron chi connectivity index (χ0n) is 17.1. The lowest BCUT2D eigenvalue weighted by atomic mass is 9.54. The number of amides is 1. The fourth-order valence-corrected chi connectivity index (χ4v) is 3.76. The summed E-state index contributed by atoms with van der Waals surface area (Å²) in [5.41, 5.74) is 8.43. The number of hydrogen-bond acceptors (Lipinski definition) is 4. The lowest BCUT2D eigenvalue weighted by Crippen LogP contribution is -2.75. The molecule has 150 valence electrons. The summed E-state index contributed by atoms with van der Waals surface area (Å²) in [5, 5.41) is 3.00. The van der Waals surface area contributed by atoms with E-state index in [4.69, 9.17) is 15.2 Å². The average molecular weight is 383 g/mol. The Morgan fingerprint density at radius 3 is 2.18 bits per heavy atom. The van der Waals surface area contributed by atoms with Gasteiger partial charge in [0.15, 0.2) is 0 Å². The minimum absolute atomic E-state index is 0.0250. The molecule has 0 aliphatic heterocycles. The van der Waals surface area contributed by atoms with Gasteiger partial charge in [0, 0.05) is 25.0 Å². The molecular weight excluding hydrogens is 352 g/mol. The van der Waals surface area contributed by atoms with Crippen LogP contribution in [0, 0.1) is 5.41 Å². The molecule has 1 fully saturated rings. The highest BCUT2D eigenvalue weighted by Gasteiger charge is 2.62. The van der Waals surface area contributed by atoms with E-state index in [2.05, 4.69) is 17.4 Å². The molecule has 0 radical (unpaired) electrons. The van der Waals surface area contributed by atoms with Gasteiger partial charge >= 0.3 is 0 Å². The lowest BCUT2D eigenvalue weighted by molar-refractivity contribution is -0.170. The Hall–Kier alpha value is -2.37. The number of nitrogens with two attached hydrogens (primary N) is 1. The average Bonchev–Trinajstić information content (AvgIpc) is 2.72. The highest BCUT2D eigenvalue weighted by Crippen LogP contribution is 2.49. The predicted molar refractivity (Wildman–Crippen MR) is 111 cm³/mol. The third kappa shape index (κ3) is 3.64. The Labute approximate surface area is 167 Å². The van der Waals surface area contributed by atoms with E-state index in [1.165, 1.54) is 0 Å². The number of nitrogens with one attached hydrogen (secondary N) is 1. The van der Waals surface area contributed by atoms with Crippen molar-refractivity contribution in [1.82, 2.24) is 5.32 Å². The van der Waals surface area contributed by atoms with Gasteiger partial charge in [0.2, 0.25) is 5.91 Å². The van der Waals surface area contributed by atoms with Gasteiger partial charge in [0.1, 0.15) is 11.3 Å². The van der Waals surface area contributed by atoms with Crippen molar-refractivity contribution in [2.75, 3.05) is 13.7 Å². The molecule has 2 unspecified atom stereocenters. The van der Waals surface area contributed by atoms with Gasteiger partial charge in [-0.05, 0) is 35.7 Å². The Balaban J connectivity index is 1.60. The largest absolute Gasteiger partial charge is 0.497 e. The molecule has 2 aromatic rings. The summed E-state index contributed by atoms with van der Waals surface area (Å²) in [6.07, 6.45) is 0.577. The molecule has 28 heavy (non-hydrogen) atoms. The highest BCUT2D eigenvalue weighted by molar-refractivity contribution is 5.88. The van der Waals surface area contributed by atoms with Gasteiger partial charge in [0.25, 0.3) is 0 Å². The van der Waals surface area contributed by atoms with Crippen LogP contribution in [0.25, 0.3) is 11.1 Å². The van der Waals surface area contributed by atoms with E-state index < -0.39 is 5.54 Å². The van der Waals surface area contributed by atoms with Crippen LogP contribution < -0.4 is 15.8 Å². The second kappa shape index (κ2) is 7.94. The van der Waals surface area contributed by atoms with Crippen LogP contribution in [0.3, 0.4) is 0 Å². The van der Waals surface area contributed by atoms with Crippen molar-refractivity contribution >= 4 is 5.91 Å². The quantitative estimate of drug-likeness (QED) is 0.769. The van der Waals surface area contributed by atoms with E-state index in [0.717, 1.165) is 22.4 Å². The molecule has 1 amide bonds. The first-order chi connectivity index (χ1) is 13.3. The Morgan fingerprint density at radius 1 is 1.11 bits per heavy atom. The van der Waals surface area contributed by atoms with Crippen LogP contribution in [0.15, 0.2) is 48.5 Å². The van der Waals surface area contributed by atoms with Gasteiger partial charge in [-0.15, -0.1) is 0 Å². The smallest absolute Gasteiger partial charge is 0.241 e. The zero-order valence-corrected chi connectivity index (χ0v) is 17.1. The summed E-state index contributed by atoms with van der Waals surface area (Å²) < 4.78 is 10.9. The predicted octanol–water partition coefficient (Wildman–Crippen LogP) is 3.51. The maximum absolute atomic E-state index is 12.7. The molecule has 1 saturated carbocycles. The molecule has 0 spiro atoms. The van der Waals surface area contributed by atoms with E-state index in [1.807, 2.05) is 57.2 Å². The first kappa shape index (κ1) is 20.4. The van der Waals surface area contributed by atoms with Gasteiger partial charge < -0.3 is 20.5 Å². The highest BCUT2D eigenvalue weighted by atomic mass is 16.5. The minimum atomic E-state index is -0.893. The number of methoxy groups -OCH3 is 1. The molecular formula is C23H30N2O3. The summed E-state index contributed by atoms with van der Waals surface area (Å²) in [7, 11) is 1.66. The molecule has 0 aromatic heterocycles. The number of rotatable bonds is 7. The summed E-state index contributed by atoms with van der Waals surface area (Å²) in [6, 6.07) is 16.1. The third-order valence-electron chi connectivity index (χ3n) is 6.07. The van der Waals surface area contributed by atoms with E-state index in [1.54, 1.807) is 7.11 Å². The van der Waals surface area contributed by atoms with Gasteiger partial charge in [-0.2, -0.15) is 0 Å². The first-order valence-electron chi connectivity index (χ1n) is 9.74. The first-order valence-corrected chi connectivity index (χ1v) is 9.74. The Bertz CT molecular complexity index is 815. The van der Waals surface area contributed by atoms with Crippen molar-refractivity contribution in [2.24, 2.45) is 11.1 Å². The van der Waals surface area contributed by atoms with Crippen molar-refractivity contribution in [3.8, 4) is 16.9 Å². The molecule has 0 saturated heterocycles. The molecule has 3 N–H and O–H groups in total. The molecule has 5 nitrogen and oxygen atoms in total. The summed E-state index contributed by atoms with van der Waals surface area (Å²) in [5.74, 6) is 0.719. The van der Waals surface area contributed by atoms with E-state index in [-0.39, 0.29) is 17.4 Å². The normalized spacial score (nSPS) is 23.0. The van der Waals surface area contributed by atoms with Crippen molar-refractivity contribution in [2.45, 2.75) is 45.4 Å². The number of ether oxygens (including phenoxy) is 2. The van der Waals surface area contributed by atoms with Crippen LogP contribution in [0.1, 0.15) is 32.8 Å². The monoisotopic (exact) mass is 382 g/mol. The fraction of sp³-hybridized carbons (Fsp3) is 0.435. The molecule has 0 heterocycles. The number of carbonyl (C=O) groups is 1. The minimum Gasteiger partial charge on any atom is -0.497 e. The van der Waals surface area contributed by atoms with E-state index in [0.29, 0.717) is 19.6 Å². The summed E-state index contributed by atoms with van der Waals surface area (Å²) in [6.45, 7) is 7.05. The molecule has 1 aliphatic rings. The molecule has 1 aliphatic carbocycles. The van der Waals surface area contributed by atoms with E-state index in [9.17, 15) is 4.79 Å². The second-order valence-corrected chi connectivity index (χ2v) is 7.95. The van der Waals surface area contributed by atoms with Gasteiger partial charge in [-0.25, -0.2) is 0 Å². The standard InChI is InChI=1S/C23H30N2O3/c1-5-28-20-14-23(24,22(20,2)3)21(26)25-15-16-6-8-17(9-7-16)18-10-12-19(27-4)13-11-18/h6-13,20H,5,14-15,24H2,1-4H3,(H,25,26). The van der Waals surface area contributed by atoms with Crippen molar-refractivity contribution < 1.29 is 14.3 Å². The lowest BCUT2D eigenvalue weighted by Gasteiger charge is -2.57. The number of carbonyl (C=O) groups excluding carboxylic acids is 1. The van der Waals surface area contributed by atoms with Crippen molar-refractivity contribution in [3.63, 3.8) is 0 Å². The molecule has 2 atom stereocenters. The van der Waals surface area contributed by atoms with Crippen molar-refractivity contribution in [1.29, 1.82) is 0 Å². The summed E-state index contributed by atoms with van der Waals surface area (Å²) >= 11 is 0.